The van der Waals surface area contributed by atoms with Crippen LogP contribution in [-0.2, 0) is 4.79 Å². The summed E-state index contributed by atoms with van der Waals surface area (Å²) in [7, 11) is 0. The molecule has 1 amide bonds. The Hall–Kier alpha value is -1.62. The van der Waals surface area contributed by atoms with Crippen LogP contribution in [0.1, 0.15) is 40.0 Å². The number of amides is 1. The van der Waals surface area contributed by atoms with Gasteiger partial charge in [-0.15, -0.1) is 0 Å². The summed E-state index contributed by atoms with van der Waals surface area (Å²) in [6.07, 6.45) is 5.47. The van der Waals surface area contributed by atoms with Gasteiger partial charge in [-0.1, -0.05) is 20.8 Å². The third-order valence-electron chi connectivity index (χ3n) is 4.93. The van der Waals surface area contributed by atoms with Crippen LogP contribution >= 0.6 is 0 Å². The lowest BCUT2D eigenvalue weighted by Crippen LogP contribution is -2.35. The highest BCUT2D eigenvalue weighted by Crippen LogP contribution is 2.53. The highest BCUT2D eigenvalue weighted by molar-refractivity contribution is 5.91. The molecule has 5 heteroatoms. The van der Waals surface area contributed by atoms with E-state index in [4.69, 9.17) is 5.73 Å². The lowest BCUT2D eigenvalue weighted by molar-refractivity contribution is -0.114. The predicted octanol–water partition coefficient (Wildman–Crippen LogP) is 2.38. The van der Waals surface area contributed by atoms with Crippen LogP contribution in [0.2, 0.25) is 0 Å². The molecule has 1 aromatic heterocycles. The van der Waals surface area contributed by atoms with Crippen molar-refractivity contribution in [2.75, 3.05) is 23.3 Å². The van der Waals surface area contributed by atoms with Gasteiger partial charge in [-0.3, -0.25) is 4.79 Å². The van der Waals surface area contributed by atoms with E-state index in [2.05, 4.69) is 36.0 Å². The second-order valence-electron chi connectivity index (χ2n) is 8.00. The normalized spacial score (nSPS) is 29.5. The van der Waals surface area contributed by atoms with Gasteiger partial charge in [-0.25, -0.2) is 4.98 Å². The Balaban J connectivity index is 1.76. The maximum absolute atomic E-state index is 11.3. The highest BCUT2D eigenvalue weighted by atomic mass is 16.1. The molecule has 22 heavy (non-hydrogen) atoms. The van der Waals surface area contributed by atoms with E-state index in [0.717, 1.165) is 12.4 Å². The Labute approximate surface area is 132 Å². The number of hydrogen-bond acceptors (Lipinski definition) is 4. The van der Waals surface area contributed by atoms with Crippen molar-refractivity contribution < 1.29 is 4.79 Å². The first-order valence-corrected chi connectivity index (χ1v) is 8.03. The summed E-state index contributed by atoms with van der Waals surface area (Å²) < 4.78 is 0. The topological polar surface area (TPSA) is 71.2 Å². The largest absolute Gasteiger partial charge is 0.353 e. The van der Waals surface area contributed by atoms with Crippen molar-refractivity contribution in [1.29, 1.82) is 0 Å². The zero-order valence-electron chi connectivity index (χ0n) is 13.7. The van der Waals surface area contributed by atoms with Crippen LogP contribution in [0.25, 0.3) is 0 Å². The molecular formula is C17H26N4O. The van der Waals surface area contributed by atoms with Crippen LogP contribution in [0.3, 0.4) is 0 Å². The van der Waals surface area contributed by atoms with E-state index in [0.29, 0.717) is 22.6 Å². The lowest BCUT2D eigenvalue weighted by atomic mass is 9.65. The molecule has 0 radical (unpaired) electrons. The summed E-state index contributed by atoms with van der Waals surface area (Å²) in [5.41, 5.74) is 6.80. The quantitative estimate of drug-likeness (QED) is 0.899. The van der Waals surface area contributed by atoms with Crippen LogP contribution < -0.4 is 16.0 Å². The molecule has 3 N–H and O–H groups in total. The summed E-state index contributed by atoms with van der Waals surface area (Å²) in [6, 6.07) is 4.49. The van der Waals surface area contributed by atoms with Crippen LogP contribution in [0.5, 0.6) is 0 Å². The SMILES string of the molecule is CC1(C)CC2CC(C)(CN2c2ccc(NC(=O)CN)cn2)C1. The third-order valence-corrected chi connectivity index (χ3v) is 4.93. The van der Waals surface area contributed by atoms with E-state index in [9.17, 15) is 4.79 Å². The standard InChI is InChI=1S/C17H26N4O/c1-16(2)6-13-7-17(3,10-16)11-21(13)14-5-4-12(9-19-14)20-15(22)8-18/h4-5,9,13H,6-8,10-11,18H2,1-3H3,(H,20,22). The number of carbonyl (C=O) groups excluding carboxylic acids is 1. The van der Waals surface area contributed by atoms with Gasteiger partial charge in [-0.2, -0.15) is 0 Å². The maximum atomic E-state index is 11.3. The fourth-order valence-corrected chi connectivity index (χ4v) is 4.57. The number of nitrogens with zero attached hydrogens (tertiary/aromatic N) is 2. The summed E-state index contributed by atoms with van der Waals surface area (Å²) in [5, 5.41) is 2.73. The van der Waals surface area contributed by atoms with Crippen molar-refractivity contribution in [2.24, 2.45) is 16.6 Å². The van der Waals surface area contributed by atoms with Gasteiger partial charge in [-0.05, 0) is 42.2 Å². The van der Waals surface area contributed by atoms with E-state index in [1.165, 1.54) is 19.3 Å². The molecular weight excluding hydrogens is 276 g/mol. The molecule has 0 aromatic carbocycles. The molecule has 1 aliphatic carbocycles. The Morgan fingerprint density at radius 3 is 2.82 bits per heavy atom. The number of anilines is 2. The molecule has 2 fully saturated rings. The first kappa shape index (κ1) is 15.3. The molecule has 2 unspecified atom stereocenters. The van der Waals surface area contributed by atoms with Gasteiger partial charge >= 0.3 is 0 Å². The molecule has 5 nitrogen and oxygen atoms in total. The monoisotopic (exact) mass is 302 g/mol. The lowest BCUT2D eigenvalue weighted by Gasteiger charge is -2.39. The van der Waals surface area contributed by atoms with Crippen molar-refractivity contribution in [3.63, 3.8) is 0 Å². The smallest absolute Gasteiger partial charge is 0.238 e. The number of carbonyl (C=O) groups is 1. The average molecular weight is 302 g/mol. The Morgan fingerprint density at radius 1 is 1.41 bits per heavy atom. The highest BCUT2D eigenvalue weighted by Gasteiger charge is 2.49. The van der Waals surface area contributed by atoms with Crippen LogP contribution in [0.15, 0.2) is 18.3 Å². The molecule has 1 saturated heterocycles. The molecule has 2 aliphatic rings. The second kappa shape index (κ2) is 5.23. The molecule has 1 aromatic rings. The molecule has 1 saturated carbocycles. The molecule has 2 heterocycles. The van der Waals surface area contributed by atoms with Gasteiger partial charge in [0.25, 0.3) is 0 Å². The zero-order chi connectivity index (χ0) is 16.0. The number of aromatic nitrogens is 1. The molecule has 2 atom stereocenters. The summed E-state index contributed by atoms with van der Waals surface area (Å²) >= 11 is 0. The molecule has 1 aliphatic heterocycles. The summed E-state index contributed by atoms with van der Waals surface area (Å²) in [6.45, 7) is 8.21. The van der Waals surface area contributed by atoms with Crippen molar-refractivity contribution in [2.45, 2.75) is 46.1 Å². The predicted molar refractivity (Wildman–Crippen MR) is 88.8 cm³/mol. The summed E-state index contributed by atoms with van der Waals surface area (Å²) in [5.74, 6) is 0.818. The van der Waals surface area contributed by atoms with Crippen LogP contribution in [-0.4, -0.2) is 30.0 Å². The Kier molecular flexibility index (Phi) is 3.63. The minimum Gasteiger partial charge on any atom is -0.353 e. The second-order valence-corrected chi connectivity index (χ2v) is 8.00. The van der Waals surface area contributed by atoms with Gasteiger partial charge < -0.3 is 16.0 Å². The van der Waals surface area contributed by atoms with E-state index >= 15 is 0 Å². The van der Waals surface area contributed by atoms with Gasteiger partial charge in [0.15, 0.2) is 0 Å². The van der Waals surface area contributed by atoms with Crippen LogP contribution in [0.4, 0.5) is 11.5 Å². The minimum atomic E-state index is -0.194. The van der Waals surface area contributed by atoms with Crippen molar-refractivity contribution in [3.8, 4) is 0 Å². The average Bonchev–Trinajstić information content (AvgIpc) is 2.68. The number of rotatable bonds is 3. The first-order valence-electron chi connectivity index (χ1n) is 8.03. The minimum absolute atomic E-state index is 0.0105. The number of pyridine rings is 1. The van der Waals surface area contributed by atoms with Gasteiger partial charge in [0.2, 0.25) is 5.91 Å². The third kappa shape index (κ3) is 2.95. The number of hydrogen-bond donors (Lipinski definition) is 2. The fourth-order valence-electron chi connectivity index (χ4n) is 4.57. The number of nitrogens with two attached hydrogens (primary N) is 1. The number of fused-ring (bicyclic) bond motifs is 2. The molecule has 0 spiro atoms. The van der Waals surface area contributed by atoms with E-state index in [1.54, 1.807) is 6.20 Å². The molecule has 2 bridgehead atoms. The van der Waals surface area contributed by atoms with Gasteiger partial charge in [0.1, 0.15) is 5.82 Å². The van der Waals surface area contributed by atoms with E-state index in [-0.39, 0.29) is 12.5 Å². The maximum Gasteiger partial charge on any atom is 0.238 e. The van der Waals surface area contributed by atoms with Crippen molar-refractivity contribution >= 4 is 17.4 Å². The zero-order valence-corrected chi connectivity index (χ0v) is 13.7. The van der Waals surface area contributed by atoms with Crippen LogP contribution in [0, 0.1) is 10.8 Å². The van der Waals surface area contributed by atoms with Crippen molar-refractivity contribution in [3.05, 3.63) is 18.3 Å². The fraction of sp³-hybridized carbons (Fsp3) is 0.647. The van der Waals surface area contributed by atoms with Crippen molar-refractivity contribution in [1.82, 2.24) is 4.98 Å². The number of nitrogens with one attached hydrogen (secondary N) is 1. The van der Waals surface area contributed by atoms with E-state index in [1.807, 2.05) is 12.1 Å². The first-order chi connectivity index (χ1) is 10.3. The molecule has 120 valence electrons. The van der Waals surface area contributed by atoms with Gasteiger partial charge in [0, 0.05) is 12.6 Å². The molecule has 3 rings (SSSR count). The Morgan fingerprint density at radius 2 is 2.18 bits per heavy atom. The van der Waals surface area contributed by atoms with E-state index < -0.39 is 0 Å². The van der Waals surface area contributed by atoms with Gasteiger partial charge in [0.05, 0.1) is 18.4 Å². The summed E-state index contributed by atoms with van der Waals surface area (Å²) in [4.78, 5) is 18.3. The Bertz CT molecular complexity index is 569.